The molecular weight excluding hydrogens is 240 g/mol. The highest BCUT2D eigenvalue weighted by Crippen LogP contribution is 2.08. The molecule has 1 aromatic carbocycles. The lowest BCUT2D eigenvalue weighted by Crippen LogP contribution is -2.21. The van der Waals surface area contributed by atoms with Gasteiger partial charge in [-0.25, -0.2) is 0 Å². The van der Waals surface area contributed by atoms with E-state index in [1.807, 2.05) is 36.4 Å². The molecule has 100 valence electrons. The molecule has 0 aromatic heterocycles. The third kappa shape index (κ3) is 4.34. The molecular formula is C15H18N2O2. The van der Waals surface area contributed by atoms with E-state index in [2.05, 4.69) is 10.5 Å². The summed E-state index contributed by atoms with van der Waals surface area (Å²) in [5.74, 6) is 0.0168. The van der Waals surface area contributed by atoms with Crippen molar-refractivity contribution >= 4 is 11.5 Å². The van der Waals surface area contributed by atoms with Crippen molar-refractivity contribution in [1.82, 2.24) is 5.43 Å². The number of hydrazone groups is 1. The zero-order valence-electron chi connectivity index (χ0n) is 11.1. The fourth-order valence-electron chi connectivity index (χ4n) is 1.78. The summed E-state index contributed by atoms with van der Waals surface area (Å²) in [6, 6.07) is 10.1. The molecule has 0 fully saturated rings. The molecule has 19 heavy (non-hydrogen) atoms. The molecule has 1 aliphatic rings. The van der Waals surface area contributed by atoms with Crippen LogP contribution in [0.4, 0.5) is 0 Å². The van der Waals surface area contributed by atoms with Gasteiger partial charge < -0.3 is 4.74 Å². The van der Waals surface area contributed by atoms with E-state index in [1.54, 1.807) is 0 Å². The predicted octanol–water partition coefficient (Wildman–Crippen LogP) is 2.42. The minimum Gasteiger partial charge on any atom is -0.376 e. The Morgan fingerprint density at radius 2 is 2.16 bits per heavy atom. The van der Waals surface area contributed by atoms with Crippen molar-refractivity contribution in [3.8, 4) is 0 Å². The number of rotatable bonds is 6. The van der Waals surface area contributed by atoms with Gasteiger partial charge in [0.1, 0.15) is 5.71 Å². The Balaban J connectivity index is 1.66. The molecule has 0 saturated heterocycles. The van der Waals surface area contributed by atoms with Gasteiger partial charge in [0.15, 0.2) is 5.78 Å². The van der Waals surface area contributed by atoms with E-state index < -0.39 is 0 Å². The van der Waals surface area contributed by atoms with Crippen molar-refractivity contribution < 1.29 is 9.53 Å². The summed E-state index contributed by atoms with van der Waals surface area (Å²) in [4.78, 5) is 11.1. The summed E-state index contributed by atoms with van der Waals surface area (Å²) in [5, 5.41) is 4.04. The molecule has 1 aliphatic heterocycles. The first-order valence-electron chi connectivity index (χ1n) is 6.40. The van der Waals surface area contributed by atoms with Gasteiger partial charge in [-0.1, -0.05) is 36.4 Å². The lowest BCUT2D eigenvalue weighted by Gasteiger charge is -2.13. The van der Waals surface area contributed by atoms with Gasteiger partial charge in [-0.05, 0) is 5.56 Å². The number of carbonyl (C=O) groups is 1. The summed E-state index contributed by atoms with van der Waals surface area (Å²) in [6.07, 6.45) is 3.38. The molecule has 1 N–H and O–H groups in total. The van der Waals surface area contributed by atoms with Crippen LogP contribution in [0, 0.1) is 0 Å². The molecule has 2 rings (SSSR count). The largest absolute Gasteiger partial charge is 0.376 e. The lowest BCUT2D eigenvalue weighted by atomic mass is 10.1. The smallest absolute Gasteiger partial charge is 0.176 e. The van der Waals surface area contributed by atoms with E-state index >= 15 is 0 Å². The van der Waals surface area contributed by atoms with E-state index in [-0.39, 0.29) is 5.78 Å². The zero-order valence-corrected chi connectivity index (χ0v) is 11.1. The number of hydrogen-bond donors (Lipinski definition) is 1. The fraction of sp³-hybridized carbons (Fsp3) is 0.333. The van der Waals surface area contributed by atoms with Gasteiger partial charge in [0, 0.05) is 25.5 Å². The molecule has 0 amide bonds. The minimum atomic E-state index is 0.0168. The highest BCUT2D eigenvalue weighted by molar-refractivity contribution is 6.39. The van der Waals surface area contributed by atoms with E-state index in [4.69, 9.17) is 4.74 Å². The van der Waals surface area contributed by atoms with Gasteiger partial charge in [-0.15, -0.1) is 0 Å². The molecule has 0 atom stereocenters. The average Bonchev–Trinajstić information content (AvgIpc) is 2.45. The van der Waals surface area contributed by atoms with Gasteiger partial charge in [-0.3, -0.25) is 10.2 Å². The number of nitrogens with one attached hydrogen (secondary N) is 1. The van der Waals surface area contributed by atoms with Gasteiger partial charge in [-0.2, -0.15) is 5.10 Å². The van der Waals surface area contributed by atoms with Gasteiger partial charge >= 0.3 is 0 Å². The summed E-state index contributed by atoms with van der Waals surface area (Å²) in [5.41, 5.74) is 5.66. The Morgan fingerprint density at radius 1 is 1.37 bits per heavy atom. The molecule has 0 aliphatic carbocycles. The second kappa shape index (κ2) is 6.85. The Labute approximate surface area is 113 Å². The molecule has 0 bridgehead atoms. The molecule has 0 spiro atoms. The van der Waals surface area contributed by atoms with Crippen LogP contribution in [0.1, 0.15) is 25.3 Å². The number of allylic oxidation sites excluding steroid dienone is 1. The topological polar surface area (TPSA) is 50.7 Å². The van der Waals surface area contributed by atoms with Crippen molar-refractivity contribution in [2.45, 2.75) is 26.4 Å². The van der Waals surface area contributed by atoms with E-state index in [0.717, 1.165) is 12.1 Å². The molecule has 0 unspecified atom stereocenters. The molecule has 4 nitrogen and oxygen atoms in total. The van der Waals surface area contributed by atoms with E-state index in [1.165, 1.54) is 12.5 Å². The first kappa shape index (κ1) is 13.5. The SMILES string of the molecule is CC(=O)C1=NNC(CCOCc2ccccc2)=CC1. The number of carbonyl (C=O) groups excluding carboxylic acids is 1. The zero-order chi connectivity index (χ0) is 13.5. The fourth-order valence-corrected chi connectivity index (χ4v) is 1.78. The van der Waals surface area contributed by atoms with E-state index in [9.17, 15) is 4.79 Å². The number of hydrogen-bond acceptors (Lipinski definition) is 4. The summed E-state index contributed by atoms with van der Waals surface area (Å²) in [6.45, 7) is 2.79. The maximum absolute atomic E-state index is 11.1. The molecule has 0 radical (unpaired) electrons. The van der Waals surface area contributed by atoms with E-state index in [0.29, 0.717) is 25.3 Å². The number of ether oxygens (including phenoxy) is 1. The van der Waals surface area contributed by atoms with Crippen LogP contribution in [0.25, 0.3) is 0 Å². The highest BCUT2D eigenvalue weighted by atomic mass is 16.5. The van der Waals surface area contributed by atoms with Crippen LogP contribution in [-0.4, -0.2) is 18.1 Å². The maximum Gasteiger partial charge on any atom is 0.176 e. The number of nitrogens with zero attached hydrogens (tertiary/aromatic N) is 1. The van der Waals surface area contributed by atoms with Gasteiger partial charge in [0.2, 0.25) is 0 Å². The van der Waals surface area contributed by atoms with Crippen LogP contribution in [0.3, 0.4) is 0 Å². The van der Waals surface area contributed by atoms with Crippen molar-refractivity contribution in [3.63, 3.8) is 0 Å². The number of Topliss-reactive ketones (excluding diaryl/α,β-unsaturated/α-hetero) is 1. The normalized spacial score (nSPS) is 14.4. The Kier molecular flexibility index (Phi) is 4.86. The Morgan fingerprint density at radius 3 is 2.79 bits per heavy atom. The summed E-state index contributed by atoms with van der Waals surface area (Å²) >= 11 is 0. The third-order valence-electron chi connectivity index (χ3n) is 2.91. The monoisotopic (exact) mass is 258 g/mol. The van der Waals surface area contributed by atoms with Crippen molar-refractivity contribution in [2.24, 2.45) is 5.10 Å². The Hall–Kier alpha value is -1.94. The number of benzene rings is 1. The number of ketones is 1. The summed E-state index contributed by atoms with van der Waals surface area (Å²) < 4.78 is 5.60. The predicted molar refractivity (Wildman–Crippen MR) is 74.7 cm³/mol. The molecule has 1 heterocycles. The van der Waals surface area contributed by atoms with Crippen LogP contribution in [0.5, 0.6) is 0 Å². The van der Waals surface area contributed by atoms with Crippen molar-refractivity contribution in [2.75, 3.05) is 6.61 Å². The highest BCUT2D eigenvalue weighted by Gasteiger charge is 2.10. The van der Waals surface area contributed by atoms with Gasteiger partial charge in [0.25, 0.3) is 0 Å². The van der Waals surface area contributed by atoms with Crippen LogP contribution in [0.2, 0.25) is 0 Å². The second-order valence-electron chi connectivity index (χ2n) is 4.45. The standard InChI is InChI=1S/C15H18N2O2/c1-12(18)15-8-7-14(16-17-15)9-10-19-11-13-5-3-2-4-6-13/h2-7,16H,8-11H2,1H3. The minimum absolute atomic E-state index is 0.0168. The van der Waals surface area contributed by atoms with Crippen LogP contribution < -0.4 is 5.43 Å². The first-order chi connectivity index (χ1) is 9.25. The average molecular weight is 258 g/mol. The Bertz CT molecular complexity index is 492. The first-order valence-corrected chi connectivity index (χ1v) is 6.40. The van der Waals surface area contributed by atoms with Crippen LogP contribution in [-0.2, 0) is 16.1 Å². The van der Waals surface area contributed by atoms with Crippen molar-refractivity contribution in [1.29, 1.82) is 0 Å². The quantitative estimate of drug-likeness (QED) is 0.797. The lowest BCUT2D eigenvalue weighted by molar-refractivity contribution is -0.111. The van der Waals surface area contributed by atoms with Crippen LogP contribution in [0.15, 0.2) is 47.2 Å². The second-order valence-corrected chi connectivity index (χ2v) is 4.45. The van der Waals surface area contributed by atoms with Crippen molar-refractivity contribution in [3.05, 3.63) is 47.7 Å². The maximum atomic E-state index is 11.1. The summed E-state index contributed by atoms with van der Waals surface area (Å²) in [7, 11) is 0. The third-order valence-corrected chi connectivity index (χ3v) is 2.91. The molecule has 1 aromatic rings. The molecule has 0 saturated carbocycles. The molecule has 4 heteroatoms. The van der Waals surface area contributed by atoms with Gasteiger partial charge in [0.05, 0.1) is 13.2 Å². The van der Waals surface area contributed by atoms with Crippen LogP contribution >= 0.6 is 0 Å².